The maximum Gasteiger partial charge on any atom is 0.405 e. The lowest BCUT2D eigenvalue weighted by molar-refractivity contribution is -0.140. The van der Waals surface area contributed by atoms with Gasteiger partial charge in [0.15, 0.2) is 6.61 Å². The number of nitrogens with one attached hydrogen (secondary N) is 1. The highest BCUT2D eigenvalue weighted by atomic mass is 32.1. The van der Waals surface area contributed by atoms with Crippen LogP contribution in [0.25, 0.3) is 20.8 Å². The van der Waals surface area contributed by atoms with Crippen LogP contribution in [-0.2, 0) is 9.53 Å². The fraction of sp³-hybridized carbons (Fsp3) is 0.167. The molecule has 1 heterocycles. The van der Waals surface area contributed by atoms with E-state index in [1.807, 2.05) is 24.3 Å². The van der Waals surface area contributed by atoms with Gasteiger partial charge in [-0.1, -0.05) is 30.3 Å². The number of hydrogen-bond donors (Lipinski definition) is 1. The maximum absolute atomic E-state index is 12.3. The number of nitrogens with zero attached hydrogens (tertiary/aromatic N) is 1. The normalized spacial score (nSPS) is 11.4. The molecule has 0 atom stereocenters. The molecule has 0 unspecified atom stereocenters. The van der Waals surface area contributed by atoms with E-state index in [0.29, 0.717) is 10.6 Å². The zero-order chi connectivity index (χ0) is 19.4. The summed E-state index contributed by atoms with van der Waals surface area (Å²) in [5, 5.41) is 2.24. The molecule has 140 valence electrons. The van der Waals surface area contributed by atoms with Gasteiger partial charge in [-0.3, -0.25) is 4.79 Å². The summed E-state index contributed by atoms with van der Waals surface area (Å²) in [5.41, 5.74) is 1.49. The van der Waals surface area contributed by atoms with Gasteiger partial charge in [0.05, 0.1) is 15.8 Å². The Morgan fingerprint density at radius 1 is 1.07 bits per heavy atom. The molecule has 9 heteroatoms. The van der Waals surface area contributed by atoms with Crippen LogP contribution < -0.4 is 5.32 Å². The fourth-order valence-electron chi connectivity index (χ4n) is 2.29. The first-order valence-electron chi connectivity index (χ1n) is 7.79. The van der Waals surface area contributed by atoms with Crippen molar-refractivity contribution in [1.29, 1.82) is 0 Å². The summed E-state index contributed by atoms with van der Waals surface area (Å²) in [6.07, 6.45) is -4.53. The number of amides is 1. The molecule has 0 aliphatic rings. The number of carbonyl (C=O) groups is 2. The van der Waals surface area contributed by atoms with Crippen molar-refractivity contribution in [3.63, 3.8) is 0 Å². The van der Waals surface area contributed by atoms with Crippen molar-refractivity contribution in [3.8, 4) is 10.6 Å². The minimum Gasteiger partial charge on any atom is -0.452 e. The molecular formula is C18H13F3N2O3S. The quantitative estimate of drug-likeness (QED) is 0.669. The second-order valence-electron chi connectivity index (χ2n) is 5.50. The van der Waals surface area contributed by atoms with Crippen LogP contribution in [0, 0.1) is 0 Å². The van der Waals surface area contributed by atoms with Crippen LogP contribution in [-0.4, -0.2) is 36.2 Å². The fourth-order valence-corrected chi connectivity index (χ4v) is 3.30. The number of aromatic nitrogens is 1. The summed E-state index contributed by atoms with van der Waals surface area (Å²) >= 11 is 1.39. The van der Waals surface area contributed by atoms with E-state index >= 15 is 0 Å². The summed E-state index contributed by atoms with van der Waals surface area (Å²) in [7, 11) is 0. The van der Waals surface area contributed by atoms with Crippen LogP contribution in [0.5, 0.6) is 0 Å². The lowest BCUT2D eigenvalue weighted by Gasteiger charge is -2.10. The molecule has 0 spiro atoms. The van der Waals surface area contributed by atoms with Gasteiger partial charge in [0.1, 0.15) is 11.6 Å². The molecule has 0 saturated carbocycles. The SMILES string of the molecule is O=C(COC(=O)c1ccccc1-c1nc2ccccc2s1)NCC(F)(F)F. The molecule has 3 rings (SSSR count). The Kier molecular flexibility index (Phi) is 5.41. The summed E-state index contributed by atoms with van der Waals surface area (Å²) in [4.78, 5) is 28.2. The minimum atomic E-state index is -4.53. The van der Waals surface area contributed by atoms with E-state index in [0.717, 1.165) is 10.2 Å². The Morgan fingerprint density at radius 3 is 2.52 bits per heavy atom. The van der Waals surface area contributed by atoms with Crippen LogP contribution in [0.2, 0.25) is 0 Å². The van der Waals surface area contributed by atoms with Crippen molar-refractivity contribution >= 4 is 33.4 Å². The van der Waals surface area contributed by atoms with Gasteiger partial charge in [0, 0.05) is 5.56 Å². The lowest BCUT2D eigenvalue weighted by Crippen LogP contribution is -2.36. The number of ether oxygens (including phenoxy) is 1. The third-order valence-corrected chi connectivity index (χ3v) is 4.56. The van der Waals surface area contributed by atoms with Gasteiger partial charge in [-0.25, -0.2) is 9.78 Å². The number of thiazole rings is 1. The minimum absolute atomic E-state index is 0.181. The van der Waals surface area contributed by atoms with Gasteiger partial charge in [0.25, 0.3) is 5.91 Å². The lowest BCUT2D eigenvalue weighted by atomic mass is 10.1. The molecule has 3 aromatic rings. The molecule has 1 N–H and O–H groups in total. The van der Waals surface area contributed by atoms with Crippen molar-refractivity contribution in [1.82, 2.24) is 10.3 Å². The smallest absolute Gasteiger partial charge is 0.405 e. The van der Waals surface area contributed by atoms with Crippen LogP contribution >= 0.6 is 11.3 Å². The van der Waals surface area contributed by atoms with E-state index in [1.165, 1.54) is 17.4 Å². The number of halogens is 3. The van der Waals surface area contributed by atoms with Crippen molar-refractivity contribution < 1.29 is 27.5 Å². The zero-order valence-corrected chi connectivity index (χ0v) is 14.6. The third kappa shape index (κ3) is 4.82. The van der Waals surface area contributed by atoms with Crippen molar-refractivity contribution in [2.24, 2.45) is 0 Å². The molecule has 1 aromatic heterocycles. The Morgan fingerprint density at radius 2 is 1.78 bits per heavy atom. The molecule has 1 amide bonds. The first kappa shape index (κ1) is 18.8. The van der Waals surface area contributed by atoms with Crippen LogP contribution in [0.1, 0.15) is 10.4 Å². The molecule has 5 nitrogen and oxygen atoms in total. The maximum atomic E-state index is 12.3. The second kappa shape index (κ2) is 7.75. The molecule has 0 aliphatic heterocycles. The monoisotopic (exact) mass is 394 g/mol. The molecule has 0 aliphatic carbocycles. The summed E-state index contributed by atoms with van der Waals surface area (Å²) in [6, 6.07) is 14.0. The number of carbonyl (C=O) groups excluding carboxylic acids is 2. The first-order chi connectivity index (χ1) is 12.8. The van der Waals surface area contributed by atoms with Gasteiger partial charge >= 0.3 is 12.1 Å². The molecular weight excluding hydrogens is 381 g/mol. The molecule has 27 heavy (non-hydrogen) atoms. The Labute approximate surface area is 155 Å². The van der Waals surface area contributed by atoms with Crippen LogP contribution in [0.4, 0.5) is 13.2 Å². The number of esters is 1. The van der Waals surface area contributed by atoms with Crippen LogP contribution in [0.15, 0.2) is 48.5 Å². The number of para-hydroxylation sites is 1. The van der Waals surface area contributed by atoms with E-state index in [-0.39, 0.29) is 5.56 Å². The van der Waals surface area contributed by atoms with Gasteiger partial charge in [0.2, 0.25) is 0 Å². The number of fused-ring (bicyclic) bond motifs is 1. The molecule has 0 fully saturated rings. The number of benzene rings is 2. The van der Waals surface area contributed by atoms with E-state index in [9.17, 15) is 22.8 Å². The Bertz CT molecular complexity index is 952. The van der Waals surface area contributed by atoms with Crippen LogP contribution in [0.3, 0.4) is 0 Å². The Hall–Kier alpha value is -2.94. The third-order valence-electron chi connectivity index (χ3n) is 3.49. The summed E-state index contributed by atoms with van der Waals surface area (Å²) in [6.45, 7) is -2.28. The molecule has 0 bridgehead atoms. The average molecular weight is 394 g/mol. The highest BCUT2D eigenvalue weighted by Gasteiger charge is 2.28. The first-order valence-corrected chi connectivity index (χ1v) is 8.61. The number of hydrogen-bond acceptors (Lipinski definition) is 5. The van der Waals surface area contributed by atoms with Gasteiger partial charge < -0.3 is 10.1 Å². The highest BCUT2D eigenvalue weighted by Crippen LogP contribution is 2.32. The molecule has 2 aromatic carbocycles. The van der Waals surface area contributed by atoms with Crippen molar-refractivity contribution in [3.05, 3.63) is 54.1 Å². The predicted octanol–water partition coefficient (Wildman–Crippen LogP) is 3.80. The van der Waals surface area contributed by atoms with E-state index in [1.54, 1.807) is 23.5 Å². The molecule has 0 radical (unpaired) electrons. The topological polar surface area (TPSA) is 68.3 Å². The summed E-state index contributed by atoms with van der Waals surface area (Å²) in [5.74, 6) is -1.84. The Balaban J connectivity index is 1.73. The van der Waals surface area contributed by atoms with Gasteiger partial charge in [-0.05, 0) is 18.2 Å². The van der Waals surface area contributed by atoms with E-state index in [2.05, 4.69) is 4.98 Å². The van der Waals surface area contributed by atoms with Crippen molar-refractivity contribution in [2.45, 2.75) is 6.18 Å². The van der Waals surface area contributed by atoms with E-state index < -0.39 is 31.2 Å². The van der Waals surface area contributed by atoms with Gasteiger partial charge in [-0.2, -0.15) is 13.2 Å². The zero-order valence-electron chi connectivity index (χ0n) is 13.7. The van der Waals surface area contributed by atoms with Crippen molar-refractivity contribution in [2.75, 3.05) is 13.2 Å². The largest absolute Gasteiger partial charge is 0.452 e. The average Bonchev–Trinajstić information content (AvgIpc) is 3.08. The van der Waals surface area contributed by atoms with Gasteiger partial charge in [-0.15, -0.1) is 11.3 Å². The number of rotatable bonds is 5. The number of alkyl halides is 3. The second-order valence-corrected chi connectivity index (χ2v) is 6.53. The summed E-state index contributed by atoms with van der Waals surface area (Å²) < 4.78 is 42.0. The standard InChI is InChI=1S/C18H13F3N2O3S/c19-18(20,21)10-22-15(24)9-26-17(25)12-6-2-1-5-11(12)16-23-13-7-3-4-8-14(13)27-16/h1-8H,9-10H2,(H,22,24). The molecule has 0 saturated heterocycles. The highest BCUT2D eigenvalue weighted by molar-refractivity contribution is 7.21. The predicted molar refractivity (Wildman–Crippen MR) is 94.4 cm³/mol. The van der Waals surface area contributed by atoms with E-state index in [4.69, 9.17) is 4.74 Å².